The van der Waals surface area contributed by atoms with Crippen LogP contribution < -0.4 is 5.32 Å². The molecule has 1 aliphatic rings. The number of benzene rings is 2. The number of rotatable bonds is 8. The number of aliphatic carboxylic acids is 1. The predicted molar refractivity (Wildman–Crippen MR) is 122 cm³/mol. The Morgan fingerprint density at radius 3 is 2.18 bits per heavy atom. The maximum absolute atomic E-state index is 13.6. The van der Waals surface area contributed by atoms with Crippen molar-refractivity contribution in [2.24, 2.45) is 11.3 Å². The van der Waals surface area contributed by atoms with Crippen LogP contribution in [0.1, 0.15) is 56.1 Å². The average Bonchev–Trinajstić information content (AvgIpc) is 3.47. The molecule has 0 saturated heterocycles. The summed E-state index contributed by atoms with van der Waals surface area (Å²) in [6.07, 6.45) is -2.96. The highest BCUT2D eigenvalue weighted by atomic mass is 35.5. The minimum Gasteiger partial charge on any atom is -0.481 e. The lowest BCUT2D eigenvalue weighted by atomic mass is 9.82. The number of carboxylic acids is 1. The van der Waals surface area contributed by atoms with Crippen LogP contribution in [-0.2, 0) is 9.59 Å². The van der Waals surface area contributed by atoms with Gasteiger partial charge in [-0.05, 0) is 59.6 Å². The number of hydrogen-bond donors (Lipinski definition) is 2. The predicted octanol–water partition coefficient (Wildman–Crippen LogP) is 7.27. The molecule has 9 heteroatoms. The Balaban J connectivity index is 1.94. The molecule has 3 atom stereocenters. The van der Waals surface area contributed by atoms with Crippen molar-refractivity contribution < 1.29 is 27.9 Å². The zero-order chi connectivity index (χ0) is 24.6. The van der Waals surface area contributed by atoms with Crippen molar-refractivity contribution in [3.63, 3.8) is 0 Å². The smallest absolute Gasteiger partial charge is 0.392 e. The molecule has 1 amide bonds. The van der Waals surface area contributed by atoms with Gasteiger partial charge in [0.15, 0.2) is 0 Å². The van der Waals surface area contributed by atoms with Crippen molar-refractivity contribution in [1.29, 1.82) is 0 Å². The van der Waals surface area contributed by atoms with E-state index in [1.165, 1.54) is 30.3 Å². The zero-order valence-electron chi connectivity index (χ0n) is 18.0. The van der Waals surface area contributed by atoms with E-state index in [1.807, 2.05) is 6.92 Å². The van der Waals surface area contributed by atoms with Gasteiger partial charge in [0.25, 0.3) is 0 Å². The lowest BCUT2D eigenvalue weighted by molar-refractivity contribution is -0.178. The number of halogens is 5. The first-order valence-electron chi connectivity index (χ1n) is 10.5. The third kappa shape index (κ3) is 6.01. The number of anilines is 1. The van der Waals surface area contributed by atoms with Gasteiger partial charge in [0.1, 0.15) is 0 Å². The summed E-state index contributed by atoms with van der Waals surface area (Å²) in [5.74, 6) is -5.61. The number of amides is 1. The summed E-state index contributed by atoms with van der Waals surface area (Å²) >= 11 is 12.1. The third-order valence-electron chi connectivity index (χ3n) is 6.44. The molecule has 0 bridgehead atoms. The van der Waals surface area contributed by atoms with Crippen LogP contribution in [-0.4, -0.2) is 23.2 Å². The molecule has 2 aromatic carbocycles. The van der Waals surface area contributed by atoms with Crippen LogP contribution in [0.4, 0.5) is 18.9 Å². The highest BCUT2D eigenvalue weighted by molar-refractivity contribution is 6.33. The van der Waals surface area contributed by atoms with E-state index in [0.717, 1.165) is 19.8 Å². The summed E-state index contributed by atoms with van der Waals surface area (Å²) in [5, 5.41) is 12.4. The molecule has 0 radical (unpaired) electrons. The molecule has 178 valence electrons. The molecule has 1 saturated carbocycles. The second-order valence-electron chi connectivity index (χ2n) is 8.89. The highest BCUT2D eigenvalue weighted by Crippen LogP contribution is 2.57. The van der Waals surface area contributed by atoms with E-state index in [4.69, 9.17) is 23.2 Å². The van der Waals surface area contributed by atoms with Crippen LogP contribution >= 0.6 is 23.2 Å². The van der Waals surface area contributed by atoms with Gasteiger partial charge in [-0.15, -0.1) is 0 Å². The van der Waals surface area contributed by atoms with E-state index in [0.29, 0.717) is 10.6 Å². The molecular weight excluding hydrogens is 478 g/mol. The minimum absolute atomic E-state index is 0.0932. The fraction of sp³-hybridized carbons (Fsp3) is 0.417. The summed E-state index contributed by atoms with van der Waals surface area (Å²) in [7, 11) is 0. The standard InChI is InChI=1S/C24H24Cl2F3NO3/c1-13(24(27,28)29)21(14-3-6-16(25)7-4-14)22(33)30-19-11-15(5-8-18(19)26)17(12-20(31)32)23(2)9-10-23/h3-8,11,13,17,21H,9-10,12H2,1-2H3,(H,30,33)(H,31,32)/t13-,17-,21-/m1/s1. The number of carboxylic acid groups (broad SMARTS) is 1. The van der Waals surface area contributed by atoms with Crippen LogP contribution in [0, 0.1) is 11.3 Å². The molecule has 1 fully saturated rings. The molecule has 0 heterocycles. The van der Waals surface area contributed by atoms with E-state index >= 15 is 0 Å². The maximum atomic E-state index is 13.6. The average molecular weight is 502 g/mol. The van der Waals surface area contributed by atoms with Crippen LogP contribution in [0.25, 0.3) is 0 Å². The van der Waals surface area contributed by atoms with Crippen molar-refractivity contribution in [1.82, 2.24) is 0 Å². The van der Waals surface area contributed by atoms with Crippen molar-refractivity contribution in [2.45, 2.75) is 51.1 Å². The first kappa shape index (κ1) is 25.4. The van der Waals surface area contributed by atoms with Gasteiger partial charge in [0.2, 0.25) is 5.91 Å². The zero-order valence-corrected chi connectivity index (χ0v) is 19.6. The topological polar surface area (TPSA) is 66.4 Å². The lowest BCUT2D eigenvalue weighted by Gasteiger charge is -2.27. The van der Waals surface area contributed by atoms with Gasteiger partial charge in [-0.1, -0.05) is 55.2 Å². The van der Waals surface area contributed by atoms with Gasteiger partial charge in [-0.3, -0.25) is 9.59 Å². The minimum atomic E-state index is -4.61. The second-order valence-corrected chi connectivity index (χ2v) is 9.74. The lowest BCUT2D eigenvalue weighted by Crippen LogP contribution is -2.34. The molecule has 3 rings (SSSR count). The monoisotopic (exact) mass is 501 g/mol. The molecule has 0 aromatic heterocycles. The maximum Gasteiger partial charge on any atom is 0.392 e. The molecule has 33 heavy (non-hydrogen) atoms. The van der Waals surface area contributed by atoms with Crippen molar-refractivity contribution in [3.8, 4) is 0 Å². The summed E-state index contributed by atoms with van der Waals surface area (Å²) < 4.78 is 40.8. The van der Waals surface area contributed by atoms with Crippen molar-refractivity contribution in [3.05, 3.63) is 63.6 Å². The van der Waals surface area contributed by atoms with E-state index in [9.17, 15) is 27.9 Å². The van der Waals surface area contributed by atoms with Gasteiger partial charge < -0.3 is 10.4 Å². The van der Waals surface area contributed by atoms with Gasteiger partial charge in [-0.25, -0.2) is 0 Å². The fourth-order valence-corrected chi connectivity index (χ4v) is 4.37. The molecule has 0 spiro atoms. The summed E-state index contributed by atoms with van der Waals surface area (Å²) in [4.78, 5) is 24.5. The van der Waals surface area contributed by atoms with Gasteiger partial charge in [0, 0.05) is 5.02 Å². The van der Waals surface area contributed by atoms with E-state index in [-0.39, 0.29) is 34.0 Å². The van der Waals surface area contributed by atoms with Gasteiger partial charge in [0.05, 0.1) is 29.0 Å². The summed E-state index contributed by atoms with van der Waals surface area (Å²) in [6, 6.07) is 10.4. The second kappa shape index (κ2) is 9.55. The molecule has 0 unspecified atom stereocenters. The summed E-state index contributed by atoms with van der Waals surface area (Å²) in [6.45, 7) is 2.95. The fourth-order valence-electron chi connectivity index (χ4n) is 4.08. The number of carbonyl (C=O) groups excluding carboxylic acids is 1. The van der Waals surface area contributed by atoms with Crippen LogP contribution in [0.15, 0.2) is 42.5 Å². The molecule has 2 aromatic rings. The van der Waals surface area contributed by atoms with Crippen LogP contribution in [0.5, 0.6) is 0 Å². The molecule has 2 N–H and O–H groups in total. The summed E-state index contributed by atoms with van der Waals surface area (Å²) in [5.41, 5.74) is 0.809. The Kier molecular flexibility index (Phi) is 7.34. The van der Waals surface area contributed by atoms with Gasteiger partial charge >= 0.3 is 12.1 Å². The first-order valence-corrected chi connectivity index (χ1v) is 11.2. The first-order chi connectivity index (χ1) is 15.3. The van der Waals surface area contributed by atoms with Crippen molar-refractivity contribution >= 4 is 40.8 Å². The van der Waals surface area contributed by atoms with Crippen LogP contribution in [0.3, 0.4) is 0 Å². The molecule has 4 nitrogen and oxygen atoms in total. The molecule has 1 aliphatic carbocycles. The molecular formula is C24H24Cl2F3NO3. The number of carbonyl (C=O) groups is 2. The quantitative estimate of drug-likeness (QED) is 0.399. The van der Waals surface area contributed by atoms with E-state index in [1.54, 1.807) is 12.1 Å². The number of alkyl halides is 3. The Labute approximate surface area is 200 Å². The normalized spacial score (nSPS) is 17.7. The largest absolute Gasteiger partial charge is 0.481 e. The number of hydrogen-bond acceptors (Lipinski definition) is 2. The Morgan fingerprint density at radius 2 is 1.67 bits per heavy atom. The Hall–Kier alpha value is -2.25. The van der Waals surface area contributed by atoms with Crippen molar-refractivity contribution in [2.75, 3.05) is 5.32 Å². The Bertz CT molecular complexity index is 1040. The Morgan fingerprint density at radius 1 is 1.09 bits per heavy atom. The number of nitrogens with one attached hydrogen (secondary N) is 1. The van der Waals surface area contributed by atoms with E-state index < -0.39 is 29.9 Å². The SMILES string of the molecule is C[C@H]([C@@H](C(=O)Nc1cc([C@@H](CC(=O)O)C2(C)CC2)ccc1Cl)c1ccc(Cl)cc1)C(F)(F)F. The van der Waals surface area contributed by atoms with Crippen LogP contribution in [0.2, 0.25) is 10.0 Å². The van der Waals surface area contributed by atoms with E-state index in [2.05, 4.69) is 5.32 Å². The van der Waals surface area contributed by atoms with Gasteiger partial charge in [-0.2, -0.15) is 13.2 Å². The highest BCUT2D eigenvalue weighted by Gasteiger charge is 2.47. The molecule has 0 aliphatic heterocycles. The third-order valence-corrected chi connectivity index (χ3v) is 7.02.